The van der Waals surface area contributed by atoms with Gasteiger partial charge < -0.3 is 15.4 Å². The topological polar surface area (TPSA) is 63.2 Å². The van der Waals surface area contributed by atoms with Crippen LogP contribution in [0.3, 0.4) is 0 Å². The maximum atomic E-state index is 11.7. The number of nitrogens with one attached hydrogen (secondary N) is 2. The van der Waals surface area contributed by atoms with Crippen LogP contribution in [0.4, 0.5) is 11.4 Å². The molecule has 6 heteroatoms. The Morgan fingerprint density at radius 2 is 2.14 bits per heavy atom. The zero-order valence-electron chi connectivity index (χ0n) is 11.3. The average molecular weight is 395 g/mol. The van der Waals surface area contributed by atoms with E-state index in [1.165, 1.54) is 0 Å². The number of fused-ring (bicyclic) bond motifs is 1. The third-order valence-corrected chi connectivity index (χ3v) is 3.72. The van der Waals surface area contributed by atoms with E-state index in [1.54, 1.807) is 12.4 Å². The molecule has 5 nitrogen and oxygen atoms in total. The Kier molecular flexibility index (Phi) is 3.96. The molecule has 1 aliphatic heterocycles. The molecule has 3 rings (SSSR count). The van der Waals surface area contributed by atoms with Gasteiger partial charge >= 0.3 is 0 Å². The number of carbonyl (C=O) groups excluding carboxylic acids is 1. The van der Waals surface area contributed by atoms with E-state index >= 15 is 0 Å². The van der Waals surface area contributed by atoms with Gasteiger partial charge in [0.05, 0.1) is 9.61 Å². The van der Waals surface area contributed by atoms with Crippen molar-refractivity contribution < 1.29 is 9.53 Å². The van der Waals surface area contributed by atoms with Gasteiger partial charge in [-0.3, -0.25) is 9.78 Å². The van der Waals surface area contributed by atoms with E-state index in [1.807, 2.05) is 37.3 Å². The number of benzene rings is 1. The number of aromatic nitrogens is 1. The highest BCUT2D eigenvalue weighted by Crippen LogP contribution is 2.39. The largest absolute Gasteiger partial charge is 0.464 e. The monoisotopic (exact) mass is 395 g/mol. The van der Waals surface area contributed by atoms with Gasteiger partial charge in [0.15, 0.2) is 6.23 Å². The van der Waals surface area contributed by atoms with Crippen LogP contribution in [0.5, 0.6) is 5.75 Å². The second-order valence-corrected chi connectivity index (χ2v) is 6.61. The second kappa shape index (κ2) is 5.88. The number of pyridine rings is 1. The summed E-state index contributed by atoms with van der Waals surface area (Å²) in [5.74, 6) is 0.711. The van der Waals surface area contributed by atoms with Gasteiger partial charge in [0, 0.05) is 29.7 Å². The van der Waals surface area contributed by atoms with Crippen LogP contribution in [0, 0.1) is 0 Å². The first kappa shape index (κ1) is 14.1. The van der Waals surface area contributed by atoms with Gasteiger partial charge in [-0.15, -0.1) is 0 Å². The van der Waals surface area contributed by atoms with E-state index in [0.29, 0.717) is 0 Å². The average Bonchev–Trinajstić information content (AvgIpc) is 2.91. The number of alkyl halides is 1. The molecule has 1 amide bonds. The number of nitrogens with zero attached hydrogens (tertiary/aromatic N) is 1. The second-order valence-electron chi connectivity index (χ2n) is 4.74. The molecular weight excluding hydrogens is 381 g/mol. The van der Waals surface area contributed by atoms with Crippen molar-refractivity contribution in [1.82, 2.24) is 4.98 Å². The number of hydrogen-bond donors (Lipinski definition) is 2. The first-order valence-corrected chi connectivity index (χ1v) is 7.80. The van der Waals surface area contributed by atoms with Crippen molar-refractivity contribution in [3.63, 3.8) is 0 Å². The molecule has 1 aromatic heterocycles. The normalized spacial score (nSPS) is 17.3. The van der Waals surface area contributed by atoms with Crippen molar-refractivity contribution >= 4 is 39.9 Å². The lowest BCUT2D eigenvalue weighted by Crippen LogP contribution is -2.19. The molecule has 0 saturated carbocycles. The van der Waals surface area contributed by atoms with Crippen LogP contribution in [0.2, 0.25) is 0 Å². The number of ether oxygens (including phenoxy) is 1. The SMILES string of the molecule is CC(I)C(=O)Nc1ccc2c(c1)OC(c1ccncc1)N2. The Hall–Kier alpha value is -1.83. The van der Waals surface area contributed by atoms with Crippen molar-refractivity contribution in [1.29, 1.82) is 0 Å². The molecule has 0 fully saturated rings. The summed E-state index contributed by atoms with van der Waals surface area (Å²) in [5.41, 5.74) is 2.66. The molecule has 0 saturated heterocycles. The van der Waals surface area contributed by atoms with Gasteiger partial charge in [-0.05, 0) is 31.2 Å². The Labute approximate surface area is 136 Å². The molecule has 0 radical (unpaired) electrons. The standard InChI is InChI=1S/C15H14IN3O2/c1-9(16)14(20)18-11-2-3-12-13(8-11)21-15(19-12)10-4-6-17-7-5-10/h2-9,15,19H,1H3,(H,18,20). The summed E-state index contributed by atoms with van der Waals surface area (Å²) >= 11 is 2.08. The van der Waals surface area contributed by atoms with Gasteiger partial charge in [-0.25, -0.2) is 0 Å². The molecule has 2 atom stereocenters. The highest BCUT2D eigenvalue weighted by molar-refractivity contribution is 14.1. The van der Waals surface area contributed by atoms with Gasteiger partial charge in [0.25, 0.3) is 0 Å². The van der Waals surface area contributed by atoms with Gasteiger partial charge in [-0.2, -0.15) is 0 Å². The van der Waals surface area contributed by atoms with Crippen molar-refractivity contribution in [3.05, 3.63) is 48.3 Å². The number of amides is 1. The van der Waals surface area contributed by atoms with E-state index in [4.69, 9.17) is 4.74 Å². The minimum absolute atomic E-state index is 0.0211. The summed E-state index contributed by atoms with van der Waals surface area (Å²) in [6, 6.07) is 9.42. The molecule has 0 aliphatic carbocycles. The molecule has 0 bridgehead atoms. The van der Waals surface area contributed by atoms with E-state index in [0.717, 1.165) is 22.7 Å². The lowest BCUT2D eigenvalue weighted by molar-refractivity contribution is -0.115. The summed E-state index contributed by atoms with van der Waals surface area (Å²) in [4.78, 5) is 15.7. The van der Waals surface area contributed by atoms with E-state index in [-0.39, 0.29) is 16.1 Å². The zero-order chi connectivity index (χ0) is 14.8. The predicted octanol–water partition coefficient (Wildman–Crippen LogP) is 3.35. The number of anilines is 2. The van der Waals surface area contributed by atoms with Gasteiger partial charge in [-0.1, -0.05) is 22.6 Å². The molecule has 0 spiro atoms. The molecule has 2 N–H and O–H groups in total. The predicted molar refractivity (Wildman–Crippen MR) is 89.8 cm³/mol. The highest BCUT2D eigenvalue weighted by Gasteiger charge is 2.23. The number of hydrogen-bond acceptors (Lipinski definition) is 4. The van der Waals surface area contributed by atoms with Crippen molar-refractivity contribution in [3.8, 4) is 5.75 Å². The quantitative estimate of drug-likeness (QED) is 0.618. The Balaban J connectivity index is 1.76. The fraction of sp³-hybridized carbons (Fsp3) is 0.200. The molecular formula is C15H14IN3O2. The van der Waals surface area contributed by atoms with E-state index in [9.17, 15) is 4.79 Å². The Morgan fingerprint density at radius 1 is 1.38 bits per heavy atom. The van der Waals surface area contributed by atoms with Crippen LogP contribution in [-0.2, 0) is 4.79 Å². The lowest BCUT2D eigenvalue weighted by atomic mass is 10.2. The summed E-state index contributed by atoms with van der Waals surface area (Å²) in [6.07, 6.45) is 3.24. The van der Waals surface area contributed by atoms with Gasteiger partial charge in [0.2, 0.25) is 5.91 Å². The molecule has 2 aromatic rings. The molecule has 2 heterocycles. The molecule has 1 aliphatic rings. The van der Waals surface area contributed by atoms with Crippen LogP contribution in [0.1, 0.15) is 18.7 Å². The maximum Gasteiger partial charge on any atom is 0.237 e. The number of carbonyl (C=O) groups is 1. The van der Waals surface area contributed by atoms with Crippen molar-refractivity contribution in [2.45, 2.75) is 17.1 Å². The maximum absolute atomic E-state index is 11.7. The van der Waals surface area contributed by atoms with Crippen LogP contribution in [0.15, 0.2) is 42.7 Å². The summed E-state index contributed by atoms with van der Waals surface area (Å²) in [7, 11) is 0. The van der Waals surface area contributed by atoms with Crippen molar-refractivity contribution in [2.75, 3.05) is 10.6 Å². The minimum atomic E-state index is -0.225. The number of halogens is 1. The third kappa shape index (κ3) is 3.10. The molecule has 2 unspecified atom stereocenters. The lowest BCUT2D eigenvalue weighted by Gasteiger charge is -2.10. The number of rotatable bonds is 3. The molecule has 1 aromatic carbocycles. The molecule has 108 valence electrons. The summed E-state index contributed by atoms with van der Waals surface area (Å²) in [6.45, 7) is 1.85. The smallest absolute Gasteiger partial charge is 0.237 e. The Morgan fingerprint density at radius 3 is 2.86 bits per heavy atom. The Bertz CT molecular complexity index is 661. The highest BCUT2D eigenvalue weighted by atomic mass is 127. The first-order chi connectivity index (χ1) is 10.1. The van der Waals surface area contributed by atoms with Crippen LogP contribution in [-0.4, -0.2) is 14.8 Å². The fourth-order valence-corrected chi connectivity index (χ4v) is 2.20. The van der Waals surface area contributed by atoms with Crippen LogP contribution < -0.4 is 15.4 Å². The summed E-state index contributed by atoms with van der Waals surface area (Å²) in [5, 5.41) is 6.15. The van der Waals surface area contributed by atoms with E-state index in [2.05, 4.69) is 38.2 Å². The summed E-state index contributed by atoms with van der Waals surface area (Å²) < 4.78 is 5.80. The van der Waals surface area contributed by atoms with Crippen molar-refractivity contribution in [2.24, 2.45) is 0 Å². The fourth-order valence-electron chi connectivity index (χ4n) is 2.05. The zero-order valence-corrected chi connectivity index (χ0v) is 13.5. The van der Waals surface area contributed by atoms with E-state index < -0.39 is 0 Å². The minimum Gasteiger partial charge on any atom is -0.464 e. The molecule has 21 heavy (non-hydrogen) atoms. The van der Waals surface area contributed by atoms with Gasteiger partial charge in [0.1, 0.15) is 5.75 Å². The van der Waals surface area contributed by atoms with Crippen LogP contribution >= 0.6 is 22.6 Å². The third-order valence-electron chi connectivity index (χ3n) is 3.15. The first-order valence-electron chi connectivity index (χ1n) is 6.55. The van der Waals surface area contributed by atoms with Crippen LogP contribution in [0.25, 0.3) is 0 Å².